The second kappa shape index (κ2) is 12.8. The van der Waals surface area contributed by atoms with E-state index in [0.717, 1.165) is 0 Å². The van der Waals surface area contributed by atoms with Crippen molar-refractivity contribution in [2.45, 2.75) is 32.7 Å². The monoisotopic (exact) mass is 440 g/mol. The van der Waals surface area contributed by atoms with Gasteiger partial charge < -0.3 is 34.6 Å². The van der Waals surface area contributed by atoms with Crippen LogP contribution >= 0.6 is 0 Å². The molecule has 0 bridgehead atoms. The topological polar surface area (TPSA) is 135 Å². The van der Waals surface area contributed by atoms with Crippen molar-refractivity contribution in [1.29, 1.82) is 0 Å². The van der Waals surface area contributed by atoms with Crippen LogP contribution in [0.25, 0.3) is 0 Å². The van der Waals surface area contributed by atoms with Crippen LogP contribution in [0.2, 0.25) is 0 Å². The van der Waals surface area contributed by atoms with E-state index in [1.165, 1.54) is 14.0 Å². The fourth-order valence-electron chi connectivity index (χ4n) is 3.18. The van der Waals surface area contributed by atoms with Crippen LogP contribution in [-0.2, 0) is 30.3 Å². The van der Waals surface area contributed by atoms with Crippen LogP contribution in [0, 0.1) is 0 Å². The summed E-state index contributed by atoms with van der Waals surface area (Å²) in [5.41, 5.74) is -1.05. The first kappa shape index (κ1) is 26.2. The second-order valence-corrected chi connectivity index (χ2v) is 6.63. The molecule has 10 nitrogen and oxygen atoms in total. The smallest absolute Gasteiger partial charge is 0.344 e. The molecule has 0 aliphatic carbocycles. The molecule has 1 amide bonds. The summed E-state index contributed by atoms with van der Waals surface area (Å²) in [4.78, 5) is 39.5. The normalized spacial score (nSPS) is 10.9. The van der Waals surface area contributed by atoms with Gasteiger partial charge in [-0.1, -0.05) is 0 Å². The molecule has 0 aliphatic rings. The molecule has 1 rings (SSSR count). The molecule has 0 saturated heterocycles. The Labute approximate surface area is 182 Å². The summed E-state index contributed by atoms with van der Waals surface area (Å²) in [6, 6.07) is 5.03. The lowest BCUT2D eigenvalue weighted by molar-refractivity contribution is -0.168. The standard InChI is InChI=1S/C21H32N2O8/c1-5-30-19(27)21(22-15(3)26,20(28)31-6-2)14-16-13-17(7-8-18(16)29-4)23(9-11-24)10-12-25/h7-8,13,24-25H,5-6,9-12,14H2,1-4H3,(H,22,26). The molecular formula is C21H32N2O8. The Morgan fingerprint density at radius 2 is 1.58 bits per heavy atom. The van der Waals surface area contributed by atoms with Gasteiger partial charge in [0.15, 0.2) is 0 Å². The average Bonchev–Trinajstić information content (AvgIpc) is 2.73. The summed E-state index contributed by atoms with van der Waals surface area (Å²) >= 11 is 0. The molecule has 10 heteroatoms. The summed E-state index contributed by atoms with van der Waals surface area (Å²) in [6.45, 7) is 4.61. The zero-order chi connectivity index (χ0) is 23.4. The summed E-state index contributed by atoms with van der Waals surface area (Å²) in [7, 11) is 1.44. The molecule has 0 aromatic heterocycles. The van der Waals surface area contributed by atoms with Gasteiger partial charge in [-0.05, 0) is 37.6 Å². The van der Waals surface area contributed by atoms with Crippen LogP contribution < -0.4 is 15.0 Å². The highest BCUT2D eigenvalue weighted by Gasteiger charge is 2.50. The van der Waals surface area contributed by atoms with Gasteiger partial charge in [-0.3, -0.25) is 4.79 Å². The van der Waals surface area contributed by atoms with E-state index < -0.39 is 23.4 Å². The number of carbonyl (C=O) groups is 3. The predicted octanol–water partition coefficient (Wildman–Crippen LogP) is 0.0298. The van der Waals surface area contributed by atoms with Gasteiger partial charge in [0.25, 0.3) is 0 Å². The van der Waals surface area contributed by atoms with Crippen molar-refractivity contribution in [2.75, 3.05) is 51.5 Å². The molecule has 0 unspecified atom stereocenters. The third kappa shape index (κ3) is 6.83. The Kier molecular flexibility index (Phi) is 10.8. The molecule has 1 aromatic carbocycles. The van der Waals surface area contributed by atoms with E-state index >= 15 is 0 Å². The number of aliphatic hydroxyl groups excluding tert-OH is 2. The lowest BCUT2D eigenvalue weighted by Crippen LogP contribution is -2.62. The largest absolute Gasteiger partial charge is 0.496 e. The second-order valence-electron chi connectivity index (χ2n) is 6.63. The minimum Gasteiger partial charge on any atom is -0.496 e. The van der Waals surface area contributed by atoms with E-state index in [1.54, 1.807) is 36.9 Å². The maximum Gasteiger partial charge on any atom is 0.344 e. The maximum atomic E-state index is 12.9. The number of hydrogen-bond donors (Lipinski definition) is 3. The van der Waals surface area contributed by atoms with Gasteiger partial charge >= 0.3 is 11.9 Å². The molecular weight excluding hydrogens is 408 g/mol. The number of methoxy groups -OCH3 is 1. The fraction of sp³-hybridized carbons (Fsp3) is 0.571. The van der Waals surface area contributed by atoms with Gasteiger partial charge in [-0.15, -0.1) is 0 Å². The van der Waals surface area contributed by atoms with Gasteiger partial charge in [-0.25, -0.2) is 9.59 Å². The first-order valence-corrected chi connectivity index (χ1v) is 10.1. The molecule has 0 aliphatic heterocycles. The number of benzene rings is 1. The number of aliphatic hydroxyl groups is 2. The molecule has 0 saturated carbocycles. The van der Waals surface area contributed by atoms with E-state index in [1.807, 2.05) is 0 Å². The van der Waals surface area contributed by atoms with Crippen LogP contribution in [0.15, 0.2) is 18.2 Å². The maximum absolute atomic E-state index is 12.9. The van der Waals surface area contributed by atoms with Crippen LogP contribution in [0.5, 0.6) is 5.75 Å². The first-order valence-electron chi connectivity index (χ1n) is 10.1. The van der Waals surface area contributed by atoms with Crippen LogP contribution in [0.1, 0.15) is 26.3 Å². The Hall–Kier alpha value is -2.85. The molecule has 3 N–H and O–H groups in total. The van der Waals surface area contributed by atoms with Gasteiger partial charge in [0, 0.05) is 32.1 Å². The van der Waals surface area contributed by atoms with Crippen molar-refractivity contribution < 1.29 is 38.8 Å². The average molecular weight is 440 g/mol. The third-order valence-electron chi connectivity index (χ3n) is 4.46. The number of hydrogen-bond acceptors (Lipinski definition) is 9. The van der Waals surface area contributed by atoms with E-state index in [9.17, 15) is 24.6 Å². The molecule has 31 heavy (non-hydrogen) atoms. The predicted molar refractivity (Wildman–Crippen MR) is 113 cm³/mol. The highest BCUT2D eigenvalue weighted by Crippen LogP contribution is 2.30. The fourth-order valence-corrected chi connectivity index (χ4v) is 3.18. The lowest BCUT2D eigenvalue weighted by Gasteiger charge is -2.31. The number of nitrogens with zero attached hydrogens (tertiary/aromatic N) is 1. The summed E-state index contributed by atoms with van der Waals surface area (Å²) in [5, 5.41) is 21.1. The van der Waals surface area contributed by atoms with Crippen LogP contribution in [-0.4, -0.2) is 80.2 Å². The molecule has 0 atom stereocenters. The van der Waals surface area contributed by atoms with Crippen molar-refractivity contribution in [1.82, 2.24) is 5.32 Å². The number of esters is 2. The van der Waals surface area contributed by atoms with Crippen LogP contribution in [0.3, 0.4) is 0 Å². The zero-order valence-corrected chi connectivity index (χ0v) is 18.5. The molecule has 0 heterocycles. The van der Waals surface area contributed by atoms with Crippen molar-refractivity contribution in [3.05, 3.63) is 23.8 Å². The van der Waals surface area contributed by atoms with E-state index in [4.69, 9.17) is 14.2 Å². The Balaban J connectivity index is 3.57. The number of anilines is 1. The molecule has 1 aromatic rings. The summed E-state index contributed by atoms with van der Waals surface area (Å²) in [6.07, 6.45) is -0.284. The summed E-state index contributed by atoms with van der Waals surface area (Å²) in [5.74, 6) is -2.13. The van der Waals surface area contributed by atoms with Crippen molar-refractivity contribution >= 4 is 23.5 Å². The van der Waals surface area contributed by atoms with E-state index in [2.05, 4.69) is 5.32 Å². The number of ether oxygens (including phenoxy) is 3. The zero-order valence-electron chi connectivity index (χ0n) is 18.5. The van der Waals surface area contributed by atoms with E-state index in [0.29, 0.717) is 17.0 Å². The van der Waals surface area contributed by atoms with Crippen molar-refractivity contribution in [2.24, 2.45) is 0 Å². The van der Waals surface area contributed by atoms with Gasteiger partial charge in [0.05, 0.1) is 33.5 Å². The first-order chi connectivity index (χ1) is 14.8. The highest BCUT2D eigenvalue weighted by molar-refractivity contribution is 6.08. The molecule has 0 fully saturated rings. The van der Waals surface area contributed by atoms with Crippen molar-refractivity contribution in [3.63, 3.8) is 0 Å². The number of nitrogens with one attached hydrogen (secondary N) is 1. The number of amides is 1. The van der Waals surface area contributed by atoms with Gasteiger partial charge in [0.2, 0.25) is 11.4 Å². The number of carbonyl (C=O) groups excluding carboxylic acids is 3. The van der Waals surface area contributed by atoms with Crippen LogP contribution in [0.4, 0.5) is 5.69 Å². The molecule has 0 radical (unpaired) electrons. The molecule has 174 valence electrons. The number of rotatable bonds is 13. The van der Waals surface area contributed by atoms with E-state index in [-0.39, 0.29) is 45.9 Å². The Morgan fingerprint density at radius 3 is 2.00 bits per heavy atom. The highest BCUT2D eigenvalue weighted by atomic mass is 16.6. The Bertz CT molecular complexity index is 729. The Morgan fingerprint density at radius 1 is 1.03 bits per heavy atom. The van der Waals surface area contributed by atoms with Gasteiger partial charge in [-0.2, -0.15) is 0 Å². The third-order valence-corrected chi connectivity index (χ3v) is 4.46. The van der Waals surface area contributed by atoms with Crippen molar-refractivity contribution in [3.8, 4) is 5.75 Å². The SMILES string of the molecule is CCOC(=O)C(Cc1cc(N(CCO)CCO)ccc1OC)(NC(C)=O)C(=O)OCC. The lowest BCUT2D eigenvalue weighted by atomic mass is 9.89. The van der Waals surface area contributed by atoms with Gasteiger partial charge in [0.1, 0.15) is 5.75 Å². The summed E-state index contributed by atoms with van der Waals surface area (Å²) < 4.78 is 15.6. The quantitative estimate of drug-likeness (QED) is 0.287. The minimum atomic E-state index is -2.11. The molecule has 0 spiro atoms. The minimum absolute atomic E-state index is 0.00245.